The summed E-state index contributed by atoms with van der Waals surface area (Å²) < 4.78 is 12.7. The lowest BCUT2D eigenvalue weighted by Crippen LogP contribution is -2.34. The van der Waals surface area contributed by atoms with Gasteiger partial charge in [-0.1, -0.05) is 13.8 Å². The minimum absolute atomic E-state index is 0.327. The van der Waals surface area contributed by atoms with Gasteiger partial charge in [0.1, 0.15) is 11.9 Å². The largest absolute Gasteiger partial charge is 0.336 e. The molecule has 4 heteroatoms. The van der Waals surface area contributed by atoms with Crippen LogP contribution in [0.25, 0.3) is 0 Å². The van der Waals surface area contributed by atoms with E-state index in [1.54, 1.807) is 0 Å². The molecular formula is C13H15FN2O. The molecule has 1 aromatic carbocycles. The molecule has 3 nitrogen and oxygen atoms in total. The Morgan fingerprint density at radius 3 is 2.47 bits per heavy atom. The van der Waals surface area contributed by atoms with Crippen LogP contribution in [0.5, 0.6) is 0 Å². The minimum Gasteiger partial charge on any atom is -0.336 e. The van der Waals surface area contributed by atoms with Gasteiger partial charge in [-0.15, -0.1) is 0 Å². The highest BCUT2D eigenvalue weighted by Gasteiger charge is 2.14. The quantitative estimate of drug-likeness (QED) is 0.870. The van der Waals surface area contributed by atoms with E-state index in [2.05, 4.69) is 5.32 Å². The summed E-state index contributed by atoms with van der Waals surface area (Å²) in [7, 11) is 0. The first-order valence-corrected chi connectivity index (χ1v) is 5.49. The molecule has 0 saturated carbocycles. The molecule has 1 N–H and O–H groups in total. The standard InChI is InChI=1S/C13H15FN2O/c1-9(2)7-12(8-15)16-13(17)10-3-5-11(14)6-4-10/h3-6,9,12H,7H2,1-2H3,(H,16,17)/t12-/m0/s1. The molecule has 0 aliphatic carbocycles. The van der Waals surface area contributed by atoms with Crippen molar-refractivity contribution in [3.05, 3.63) is 35.6 Å². The molecule has 1 rings (SSSR count). The predicted octanol–water partition coefficient (Wildman–Crippen LogP) is 2.49. The number of amides is 1. The van der Waals surface area contributed by atoms with Crippen molar-refractivity contribution in [3.63, 3.8) is 0 Å². The monoisotopic (exact) mass is 234 g/mol. The third-order valence-electron chi connectivity index (χ3n) is 2.27. The molecule has 1 aromatic rings. The highest BCUT2D eigenvalue weighted by Crippen LogP contribution is 2.06. The number of nitrogens with one attached hydrogen (secondary N) is 1. The van der Waals surface area contributed by atoms with E-state index in [0.29, 0.717) is 17.9 Å². The first-order chi connectivity index (χ1) is 8.02. The number of halogens is 1. The van der Waals surface area contributed by atoms with Crippen LogP contribution in [0.3, 0.4) is 0 Å². The fourth-order valence-corrected chi connectivity index (χ4v) is 1.46. The van der Waals surface area contributed by atoms with Crippen molar-refractivity contribution in [1.82, 2.24) is 5.32 Å². The van der Waals surface area contributed by atoms with Crippen LogP contribution >= 0.6 is 0 Å². The smallest absolute Gasteiger partial charge is 0.252 e. The molecule has 0 bridgehead atoms. The summed E-state index contributed by atoms with van der Waals surface area (Å²) in [5.41, 5.74) is 0.357. The van der Waals surface area contributed by atoms with Gasteiger partial charge in [-0.3, -0.25) is 4.79 Å². The Morgan fingerprint density at radius 1 is 1.41 bits per heavy atom. The van der Waals surface area contributed by atoms with E-state index in [0.717, 1.165) is 0 Å². The lowest BCUT2D eigenvalue weighted by Gasteiger charge is -2.13. The van der Waals surface area contributed by atoms with Crippen LogP contribution in [-0.2, 0) is 0 Å². The zero-order chi connectivity index (χ0) is 12.8. The third-order valence-corrected chi connectivity index (χ3v) is 2.27. The topological polar surface area (TPSA) is 52.9 Å². The van der Waals surface area contributed by atoms with Crippen molar-refractivity contribution in [2.45, 2.75) is 26.3 Å². The summed E-state index contributed by atoms with van der Waals surface area (Å²) >= 11 is 0. The number of hydrogen-bond acceptors (Lipinski definition) is 2. The molecule has 0 aromatic heterocycles. The van der Waals surface area contributed by atoms with Crippen LogP contribution in [0.4, 0.5) is 4.39 Å². The van der Waals surface area contributed by atoms with Crippen molar-refractivity contribution in [2.75, 3.05) is 0 Å². The van der Waals surface area contributed by atoms with Crippen LogP contribution in [0.15, 0.2) is 24.3 Å². The van der Waals surface area contributed by atoms with E-state index in [4.69, 9.17) is 5.26 Å². The number of nitriles is 1. The maximum Gasteiger partial charge on any atom is 0.252 e. The van der Waals surface area contributed by atoms with E-state index >= 15 is 0 Å². The molecule has 0 radical (unpaired) electrons. The van der Waals surface area contributed by atoms with Crippen molar-refractivity contribution in [3.8, 4) is 6.07 Å². The first kappa shape index (κ1) is 13.2. The van der Waals surface area contributed by atoms with Crippen LogP contribution in [0, 0.1) is 23.1 Å². The van der Waals surface area contributed by atoms with Gasteiger partial charge in [0.25, 0.3) is 5.91 Å². The van der Waals surface area contributed by atoms with Gasteiger partial charge >= 0.3 is 0 Å². The lowest BCUT2D eigenvalue weighted by molar-refractivity contribution is 0.0942. The molecule has 0 heterocycles. The van der Waals surface area contributed by atoms with Gasteiger partial charge in [-0.25, -0.2) is 4.39 Å². The highest BCUT2D eigenvalue weighted by molar-refractivity contribution is 5.94. The van der Waals surface area contributed by atoms with Crippen LogP contribution in [-0.4, -0.2) is 11.9 Å². The number of carbonyl (C=O) groups is 1. The molecule has 90 valence electrons. The van der Waals surface area contributed by atoms with Gasteiger partial charge in [0, 0.05) is 5.56 Å². The number of hydrogen-bond donors (Lipinski definition) is 1. The maximum absolute atomic E-state index is 12.7. The molecule has 0 unspecified atom stereocenters. The average Bonchev–Trinajstić information content (AvgIpc) is 2.28. The van der Waals surface area contributed by atoms with Crippen molar-refractivity contribution in [1.29, 1.82) is 5.26 Å². The first-order valence-electron chi connectivity index (χ1n) is 5.49. The number of carbonyl (C=O) groups excluding carboxylic acids is 1. The Kier molecular flexibility index (Phi) is 4.65. The predicted molar refractivity (Wildman–Crippen MR) is 62.7 cm³/mol. The second-order valence-corrected chi connectivity index (χ2v) is 4.29. The Labute approximate surface area is 100 Å². The maximum atomic E-state index is 12.7. The Morgan fingerprint density at radius 2 is 2.00 bits per heavy atom. The molecule has 0 saturated heterocycles. The van der Waals surface area contributed by atoms with Gasteiger partial charge in [-0.2, -0.15) is 5.26 Å². The summed E-state index contributed by atoms with van der Waals surface area (Å²) in [5.74, 6) is -0.411. The fraction of sp³-hybridized carbons (Fsp3) is 0.385. The van der Waals surface area contributed by atoms with Crippen molar-refractivity contribution < 1.29 is 9.18 Å². The van der Waals surface area contributed by atoms with Crippen LogP contribution < -0.4 is 5.32 Å². The second-order valence-electron chi connectivity index (χ2n) is 4.29. The molecule has 17 heavy (non-hydrogen) atoms. The van der Waals surface area contributed by atoms with Gasteiger partial charge in [0.05, 0.1) is 6.07 Å². The normalized spacial score (nSPS) is 11.9. The number of nitrogens with zero attached hydrogens (tertiary/aromatic N) is 1. The SMILES string of the molecule is CC(C)C[C@@H](C#N)NC(=O)c1ccc(F)cc1. The minimum atomic E-state index is -0.507. The Balaban J connectivity index is 2.65. The summed E-state index contributed by atoms with van der Waals surface area (Å²) in [6.45, 7) is 3.96. The lowest BCUT2D eigenvalue weighted by atomic mass is 10.0. The molecule has 0 aliphatic heterocycles. The number of benzene rings is 1. The van der Waals surface area contributed by atoms with Gasteiger partial charge in [-0.05, 0) is 36.6 Å². The van der Waals surface area contributed by atoms with E-state index in [1.165, 1.54) is 24.3 Å². The van der Waals surface area contributed by atoms with Crippen LogP contribution in [0.2, 0.25) is 0 Å². The van der Waals surface area contributed by atoms with Gasteiger partial charge in [0.15, 0.2) is 0 Å². The summed E-state index contributed by atoms with van der Waals surface area (Å²) in [6, 6.07) is 6.77. The highest BCUT2D eigenvalue weighted by atomic mass is 19.1. The van der Waals surface area contributed by atoms with E-state index < -0.39 is 6.04 Å². The van der Waals surface area contributed by atoms with E-state index in [1.807, 2.05) is 19.9 Å². The third kappa shape index (κ3) is 4.23. The van der Waals surface area contributed by atoms with Gasteiger partial charge < -0.3 is 5.32 Å². The molecule has 1 atom stereocenters. The molecular weight excluding hydrogens is 219 g/mol. The molecule has 0 aliphatic rings. The summed E-state index contributed by atoms with van der Waals surface area (Å²) in [5, 5.41) is 11.5. The van der Waals surface area contributed by atoms with Crippen molar-refractivity contribution >= 4 is 5.91 Å². The summed E-state index contributed by atoms with van der Waals surface area (Å²) in [4.78, 5) is 11.7. The molecule has 1 amide bonds. The van der Waals surface area contributed by atoms with Crippen LogP contribution in [0.1, 0.15) is 30.6 Å². The summed E-state index contributed by atoms with van der Waals surface area (Å²) in [6.07, 6.45) is 0.601. The second kappa shape index (κ2) is 6.00. The average molecular weight is 234 g/mol. The van der Waals surface area contributed by atoms with E-state index in [-0.39, 0.29) is 11.7 Å². The number of rotatable bonds is 4. The fourth-order valence-electron chi connectivity index (χ4n) is 1.46. The Hall–Kier alpha value is -1.89. The zero-order valence-electron chi connectivity index (χ0n) is 9.90. The van der Waals surface area contributed by atoms with Crippen molar-refractivity contribution in [2.24, 2.45) is 5.92 Å². The Bertz CT molecular complexity index is 420. The molecule has 0 spiro atoms. The zero-order valence-corrected chi connectivity index (χ0v) is 9.90. The van der Waals surface area contributed by atoms with E-state index in [9.17, 15) is 9.18 Å². The van der Waals surface area contributed by atoms with Gasteiger partial charge in [0.2, 0.25) is 0 Å². The molecule has 0 fully saturated rings.